The number of rotatable bonds is 5. The average molecular weight is 247 g/mol. The van der Waals surface area contributed by atoms with Crippen molar-refractivity contribution in [3.05, 3.63) is 29.6 Å². The molecule has 2 nitrogen and oxygen atoms in total. The van der Waals surface area contributed by atoms with Gasteiger partial charge in [0.25, 0.3) is 6.43 Å². The number of halogens is 3. The van der Waals surface area contributed by atoms with Gasteiger partial charge >= 0.3 is 0 Å². The fourth-order valence-electron chi connectivity index (χ4n) is 1.66. The number of hydrogen-bond acceptors (Lipinski definition) is 2. The van der Waals surface area contributed by atoms with Gasteiger partial charge < -0.3 is 10.1 Å². The molecule has 0 fully saturated rings. The predicted molar refractivity (Wildman–Crippen MR) is 60.0 cm³/mol. The molecule has 0 saturated carbocycles. The molecule has 0 aliphatic heterocycles. The van der Waals surface area contributed by atoms with Crippen molar-refractivity contribution in [2.45, 2.75) is 25.8 Å². The molecule has 0 spiro atoms. The Morgan fingerprint density at radius 2 is 2.06 bits per heavy atom. The summed E-state index contributed by atoms with van der Waals surface area (Å²) in [6, 6.07) is 3.87. The molecule has 0 aromatic heterocycles. The molecule has 1 aromatic rings. The summed E-state index contributed by atoms with van der Waals surface area (Å²) in [5.74, 6) is -0.600. The lowest BCUT2D eigenvalue weighted by Gasteiger charge is -2.30. The molecule has 1 N–H and O–H groups in total. The van der Waals surface area contributed by atoms with Gasteiger partial charge in [0.1, 0.15) is 5.54 Å². The molecule has 96 valence electrons. The Morgan fingerprint density at radius 1 is 1.41 bits per heavy atom. The topological polar surface area (TPSA) is 21.3 Å². The van der Waals surface area contributed by atoms with Gasteiger partial charge in [0, 0.05) is 0 Å². The average Bonchev–Trinajstić information content (AvgIpc) is 2.28. The van der Waals surface area contributed by atoms with E-state index in [9.17, 15) is 13.2 Å². The summed E-state index contributed by atoms with van der Waals surface area (Å²) in [5.41, 5.74) is -1.35. The van der Waals surface area contributed by atoms with E-state index in [0.717, 1.165) is 6.07 Å². The minimum atomic E-state index is -2.63. The first-order chi connectivity index (χ1) is 7.95. The maximum atomic E-state index is 13.5. The fraction of sp³-hybridized carbons (Fsp3) is 0.500. The van der Waals surface area contributed by atoms with E-state index in [2.05, 4.69) is 5.32 Å². The van der Waals surface area contributed by atoms with Crippen LogP contribution in [0.15, 0.2) is 18.2 Å². The maximum Gasteiger partial charge on any atom is 0.260 e. The van der Waals surface area contributed by atoms with E-state index in [1.165, 1.54) is 26.2 Å². The van der Waals surface area contributed by atoms with Gasteiger partial charge in [-0.15, -0.1) is 0 Å². The smallest absolute Gasteiger partial charge is 0.260 e. The SMILES string of the molecule is CCNC(C)(c1ccc(OC)c(F)c1)C(F)F. The highest BCUT2D eigenvalue weighted by Crippen LogP contribution is 2.30. The summed E-state index contributed by atoms with van der Waals surface area (Å²) in [4.78, 5) is 0. The quantitative estimate of drug-likeness (QED) is 0.863. The van der Waals surface area contributed by atoms with Crippen molar-refractivity contribution in [1.29, 1.82) is 0 Å². The summed E-state index contributed by atoms with van der Waals surface area (Å²) in [6.07, 6.45) is -2.63. The second-order valence-corrected chi connectivity index (χ2v) is 3.88. The number of benzene rings is 1. The first-order valence-electron chi connectivity index (χ1n) is 5.33. The molecule has 1 unspecified atom stereocenters. The molecule has 0 aliphatic carbocycles. The van der Waals surface area contributed by atoms with Crippen molar-refractivity contribution in [3.63, 3.8) is 0 Å². The number of hydrogen-bond donors (Lipinski definition) is 1. The van der Waals surface area contributed by atoms with Crippen LogP contribution in [-0.2, 0) is 5.54 Å². The van der Waals surface area contributed by atoms with Crippen LogP contribution in [0.3, 0.4) is 0 Å². The molecule has 1 atom stereocenters. The minimum absolute atomic E-state index is 0.0434. The molecular weight excluding hydrogens is 231 g/mol. The summed E-state index contributed by atoms with van der Waals surface area (Å²) < 4.78 is 44.3. The second-order valence-electron chi connectivity index (χ2n) is 3.88. The standard InChI is InChI=1S/C12H16F3NO/c1-4-16-12(2,11(14)15)8-5-6-10(17-3)9(13)7-8/h5-7,11,16H,4H2,1-3H3. The highest BCUT2D eigenvalue weighted by atomic mass is 19.3. The van der Waals surface area contributed by atoms with Gasteiger partial charge in [0.05, 0.1) is 7.11 Å². The van der Waals surface area contributed by atoms with Crippen molar-refractivity contribution < 1.29 is 17.9 Å². The summed E-state index contributed by atoms with van der Waals surface area (Å²) >= 11 is 0. The molecule has 0 amide bonds. The fourth-order valence-corrected chi connectivity index (χ4v) is 1.66. The van der Waals surface area contributed by atoms with E-state index >= 15 is 0 Å². The zero-order valence-corrected chi connectivity index (χ0v) is 10.1. The van der Waals surface area contributed by atoms with E-state index < -0.39 is 17.8 Å². The lowest BCUT2D eigenvalue weighted by atomic mass is 9.92. The van der Waals surface area contributed by atoms with Gasteiger partial charge in [0.15, 0.2) is 11.6 Å². The van der Waals surface area contributed by atoms with Gasteiger partial charge in [-0.3, -0.25) is 0 Å². The van der Waals surface area contributed by atoms with E-state index in [4.69, 9.17) is 4.74 Å². The molecule has 0 aliphatic rings. The molecule has 17 heavy (non-hydrogen) atoms. The van der Waals surface area contributed by atoms with Crippen LogP contribution >= 0.6 is 0 Å². The van der Waals surface area contributed by atoms with E-state index in [-0.39, 0.29) is 11.3 Å². The van der Waals surface area contributed by atoms with Crippen LogP contribution < -0.4 is 10.1 Å². The number of ether oxygens (including phenoxy) is 1. The maximum absolute atomic E-state index is 13.5. The van der Waals surface area contributed by atoms with E-state index in [1.54, 1.807) is 6.92 Å². The Balaban J connectivity index is 3.16. The number of methoxy groups -OCH3 is 1. The third kappa shape index (κ3) is 2.72. The Morgan fingerprint density at radius 3 is 2.47 bits per heavy atom. The van der Waals surface area contributed by atoms with Crippen LogP contribution in [0.25, 0.3) is 0 Å². The van der Waals surface area contributed by atoms with Crippen molar-refractivity contribution in [2.24, 2.45) is 0 Å². The Bertz CT molecular complexity index is 384. The lowest BCUT2D eigenvalue weighted by Crippen LogP contribution is -2.45. The predicted octanol–water partition coefficient (Wildman–Crippen LogP) is 2.92. The normalized spacial score (nSPS) is 14.8. The Kier molecular flexibility index (Phi) is 4.40. The molecule has 1 aromatic carbocycles. The lowest BCUT2D eigenvalue weighted by molar-refractivity contribution is 0.0392. The van der Waals surface area contributed by atoms with Crippen molar-refractivity contribution in [3.8, 4) is 5.75 Å². The van der Waals surface area contributed by atoms with Crippen molar-refractivity contribution in [2.75, 3.05) is 13.7 Å². The summed E-state index contributed by atoms with van der Waals surface area (Å²) in [7, 11) is 1.33. The minimum Gasteiger partial charge on any atom is -0.494 e. The van der Waals surface area contributed by atoms with Crippen LogP contribution in [0, 0.1) is 5.82 Å². The van der Waals surface area contributed by atoms with Crippen LogP contribution in [0.4, 0.5) is 13.2 Å². The third-order valence-corrected chi connectivity index (χ3v) is 2.73. The van der Waals surface area contributed by atoms with Crippen LogP contribution in [-0.4, -0.2) is 20.1 Å². The first kappa shape index (κ1) is 13.8. The first-order valence-corrected chi connectivity index (χ1v) is 5.33. The van der Waals surface area contributed by atoms with Gasteiger partial charge in [-0.2, -0.15) is 0 Å². The van der Waals surface area contributed by atoms with Crippen molar-refractivity contribution in [1.82, 2.24) is 5.32 Å². The molecule has 5 heteroatoms. The zero-order chi connectivity index (χ0) is 13.1. The van der Waals surface area contributed by atoms with Crippen LogP contribution in [0.1, 0.15) is 19.4 Å². The highest BCUT2D eigenvalue weighted by molar-refractivity contribution is 5.33. The second kappa shape index (κ2) is 5.40. The summed E-state index contributed by atoms with van der Waals surface area (Å²) in [5, 5.41) is 2.68. The van der Waals surface area contributed by atoms with E-state index in [1.807, 2.05) is 0 Å². The van der Waals surface area contributed by atoms with Gasteiger partial charge in [-0.25, -0.2) is 13.2 Å². The molecular formula is C12H16F3NO. The van der Waals surface area contributed by atoms with E-state index in [0.29, 0.717) is 6.54 Å². The zero-order valence-electron chi connectivity index (χ0n) is 10.1. The molecule has 0 heterocycles. The van der Waals surface area contributed by atoms with Gasteiger partial charge in [-0.1, -0.05) is 13.0 Å². The van der Waals surface area contributed by atoms with Gasteiger partial charge in [0.2, 0.25) is 0 Å². The largest absolute Gasteiger partial charge is 0.494 e. The number of nitrogens with one attached hydrogen (secondary N) is 1. The molecule has 1 rings (SSSR count). The third-order valence-electron chi connectivity index (χ3n) is 2.73. The monoisotopic (exact) mass is 247 g/mol. The molecule has 0 saturated heterocycles. The van der Waals surface area contributed by atoms with Crippen LogP contribution in [0.2, 0.25) is 0 Å². The number of alkyl halides is 2. The Labute approximate surface area is 98.8 Å². The molecule has 0 radical (unpaired) electrons. The van der Waals surface area contributed by atoms with Crippen LogP contribution in [0.5, 0.6) is 5.75 Å². The van der Waals surface area contributed by atoms with Crippen molar-refractivity contribution >= 4 is 0 Å². The molecule has 0 bridgehead atoms. The highest BCUT2D eigenvalue weighted by Gasteiger charge is 2.36. The summed E-state index contributed by atoms with van der Waals surface area (Å²) in [6.45, 7) is 3.44. The van der Waals surface area contributed by atoms with Gasteiger partial charge in [-0.05, 0) is 31.2 Å². The Hall–Kier alpha value is -1.23.